The molecule has 0 radical (unpaired) electrons. The molecular weight excluding hydrogens is 655 g/mol. The molecule has 2 nitrogen and oxygen atoms in total. The van der Waals surface area contributed by atoms with E-state index >= 15 is 0 Å². The molecule has 0 spiro atoms. The number of nitrogens with zero attached hydrogens (tertiary/aromatic N) is 1. The van der Waals surface area contributed by atoms with Crippen LogP contribution < -0.4 is 4.90 Å². The third kappa shape index (κ3) is 4.91. The van der Waals surface area contributed by atoms with Gasteiger partial charge in [-0.3, -0.25) is 0 Å². The van der Waals surface area contributed by atoms with Gasteiger partial charge >= 0.3 is 0 Å². The molecule has 6 aromatic carbocycles. The molecule has 0 N–H and O–H groups in total. The molecule has 0 saturated heterocycles. The molecule has 7 aromatic rings. The Morgan fingerprint density at radius 1 is 0.574 bits per heavy atom. The Balaban J connectivity index is 1.32. The van der Waals surface area contributed by atoms with E-state index in [1.54, 1.807) is 0 Å². The van der Waals surface area contributed by atoms with E-state index in [0.29, 0.717) is 11.8 Å². The first-order valence-electron chi connectivity index (χ1n) is 19.9. The molecule has 1 heterocycles. The summed E-state index contributed by atoms with van der Waals surface area (Å²) in [5.41, 5.74) is 20.0. The minimum Gasteiger partial charge on any atom is -0.454 e. The van der Waals surface area contributed by atoms with Gasteiger partial charge in [-0.1, -0.05) is 149 Å². The summed E-state index contributed by atoms with van der Waals surface area (Å²) in [6, 6.07) is 41.5. The molecule has 0 aliphatic heterocycles. The average Bonchev–Trinajstić information content (AvgIpc) is 3.71. The van der Waals surface area contributed by atoms with E-state index in [-0.39, 0.29) is 16.2 Å². The molecule has 0 amide bonds. The first-order chi connectivity index (χ1) is 25.6. The maximum absolute atomic E-state index is 7.07. The van der Waals surface area contributed by atoms with Crippen LogP contribution in [0.2, 0.25) is 0 Å². The molecule has 9 rings (SSSR count). The number of benzene rings is 6. The number of fused-ring (bicyclic) bond motifs is 9. The third-order valence-corrected chi connectivity index (χ3v) is 12.7. The molecule has 0 unspecified atom stereocenters. The lowest BCUT2D eigenvalue weighted by molar-refractivity contribution is 0.589. The van der Waals surface area contributed by atoms with Crippen LogP contribution in [0.1, 0.15) is 127 Å². The number of furan rings is 1. The maximum atomic E-state index is 7.07. The zero-order chi connectivity index (χ0) is 38.1. The summed E-state index contributed by atoms with van der Waals surface area (Å²) >= 11 is 0. The lowest BCUT2D eigenvalue weighted by atomic mass is 9.79. The number of rotatable bonds is 5. The van der Waals surface area contributed by atoms with Crippen molar-refractivity contribution in [3.05, 3.63) is 148 Å². The fraction of sp³-hybridized carbons (Fsp3) is 0.308. The predicted molar refractivity (Wildman–Crippen MR) is 230 cm³/mol. The van der Waals surface area contributed by atoms with Crippen molar-refractivity contribution >= 4 is 39.0 Å². The van der Waals surface area contributed by atoms with Gasteiger partial charge in [0.1, 0.15) is 5.58 Å². The summed E-state index contributed by atoms with van der Waals surface area (Å²) in [7, 11) is 0. The van der Waals surface area contributed by atoms with Crippen molar-refractivity contribution < 1.29 is 4.42 Å². The normalized spacial score (nSPS) is 15.2. The Morgan fingerprint density at radius 3 is 1.87 bits per heavy atom. The van der Waals surface area contributed by atoms with Gasteiger partial charge in [0.05, 0.1) is 5.69 Å². The van der Waals surface area contributed by atoms with E-state index in [1.807, 2.05) is 0 Å². The number of anilines is 3. The number of hydrogen-bond donors (Lipinski definition) is 0. The molecule has 0 saturated carbocycles. The zero-order valence-corrected chi connectivity index (χ0v) is 33.9. The lowest BCUT2D eigenvalue weighted by Crippen LogP contribution is -2.18. The lowest BCUT2D eigenvalue weighted by Gasteiger charge is -2.29. The van der Waals surface area contributed by atoms with Crippen LogP contribution in [-0.4, -0.2) is 0 Å². The van der Waals surface area contributed by atoms with Gasteiger partial charge in [-0.15, -0.1) is 0 Å². The van der Waals surface area contributed by atoms with Crippen LogP contribution >= 0.6 is 0 Å². The summed E-state index contributed by atoms with van der Waals surface area (Å²) in [6.45, 7) is 25.7. The summed E-state index contributed by atoms with van der Waals surface area (Å²) < 4.78 is 7.07. The minimum absolute atomic E-state index is 0.0315. The van der Waals surface area contributed by atoms with Gasteiger partial charge in [-0.2, -0.15) is 0 Å². The molecule has 0 atom stereocenters. The van der Waals surface area contributed by atoms with Crippen LogP contribution in [0.15, 0.2) is 114 Å². The van der Waals surface area contributed by atoms with E-state index in [9.17, 15) is 0 Å². The average molecular weight is 708 g/mol. The van der Waals surface area contributed by atoms with Crippen molar-refractivity contribution in [3.8, 4) is 22.3 Å². The smallest absolute Gasteiger partial charge is 0.159 e. The Hall–Kier alpha value is -5.08. The fourth-order valence-electron chi connectivity index (χ4n) is 9.73. The fourth-order valence-corrected chi connectivity index (χ4v) is 9.73. The second-order valence-electron chi connectivity index (χ2n) is 18.6. The van der Waals surface area contributed by atoms with Crippen molar-refractivity contribution in [3.63, 3.8) is 0 Å². The summed E-state index contributed by atoms with van der Waals surface area (Å²) in [6.07, 6.45) is 0. The van der Waals surface area contributed by atoms with Crippen molar-refractivity contribution in [1.82, 2.24) is 0 Å². The van der Waals surface area contributed by atoms with Gasteiger partial charge in [0.25, 0.3) is 0 Å². The second-order valence-corrected chi connectivity index (χ2v) is 18.6. The van der Waals surface area contributed by atoms with E-state index in [2.05, 4.69) is 190 Å². The van der Waals surface area contributed by atoms with Crippen molar-refractivity contribution in [2.45, 2.75) is 104 Å². The first-order valence-corrected chi connectivity index (χ1v) is 19.9. The molecule has 54 heavy (non-hydrogen) atoms. The SMILES string of the molecule is CC(C)c1cc(C(C)C)c2c(c1)oc1c(N(c3ccc4c(c3)C(C)(C)c3ccccc3-4)c3ccc4c(c3)C(C)(C)c3cccc(C(C)(C)C)c3-4)cccc12. The third-order valence-electron chi connectivity index (χ3n) is 12.7. The van der Waals surface area contributed by atoms with Crippen molar-refractivity contribution in [2.75, 3.05) is 4.90 Å². The van der Waals surface area contributed by atoms with Gasteiger partial charge < -0.3 is 9.32 Å². The Bertz CT molecular complexity index is 2650. The van der Waals surface area contributed by atoms with E-state index < -0.39 is 0 Å². The highest BCUT2D eigenvalue weighted by molar-refractivity contribution is 6.12. The zero-order valence-electron chi connectivity index (χ0n) is 33.9. The van der Waals surface area contributed by atoms with Gasteiger partial charge in [0, 0.05) is 33.0 Å². The Morgan fingerprint density at radius 2 is 1.19 bits per heavy atom. The molecule has 0 bridgehead atoms. The first kappa shape index (κ1) is 34.7. The summed E-state index contributed by atoms with van der Waals surface area (Å²) in [5, 5.41) is 2.40. The van der Waals surface area contributed by atoms with Crippen LogP contribution in [0.3, 0.4) is 0 Å². The van der Waals surface area contributed by atoms with Crippen LogP contribution in [0.4, 0.5) is 17.1 Å². The van der Waals surface area contributed by atoms with Crippen LogP contribution in [0, 0.1) is 0 Å². The number of para-hydroxylation sites is 1. The molecule has 2 heteroatoms. The van der Waals surface area contributed by atoms with E-state index in [4.69, 9.17) is 4.42 Å². The highest BCUT2D eigenvalue weighted by Crippen LogP contribution is 2.55. The van der Waals surface area contributed by atoms with Crippen LogP contribution in [0.25, 0.3) is 44.2 Å². The van der Waals surface area contributed by atoms with E-state index in [1.165, 1.54) is 72.0 Å². The van der Waals surface area contributed by atoms with Gasteiger partial charge in [0.2, 0.25) is 0 Å². The van der Waals surface area contributed by atoms with Crippen LogP contribution in [0.5, 0.6) is 0 Å². The minimum atomic E-state index is -0.153. The Labute approximate surface area is 321 Å². The quantitative estimate of drug-likeness (QED) is 0.177. The molecule has 2 aliphatic carbocycles. The van der Waals surface area contributed by atoms with Gasteiger partial charge in [0.15, 0.2) is 5.58 Å². The van der Waals surface area contributed by atoms with Crippen LogP contribution in [-0.2, 0) is 16.2 Å². The molecule has 1 aromatic heterocycles. The summed E-state index contributed by atoms with van der Waals surface area (Å²) in [5.74, 6) is 0.776. The maximum Gasteiger partial charge on any atom is 0.159 e. The standard InChI is InChI=1S/C52H53NO/c1-30(2)32-26-39(31(3)4)47-38-17-14-21-45(49(38)54-46(47)27-32)53(33-22-24-36-35-16-12-13-18-40(35)51(8,9)43(36)28-33)34-23-25-37-44(29-34)52(10,11)42-20-15-19-41(48(37)42)50(5,6)7/h12-31H,1-11H3. The molecule has 0 fully saturated rings. The monoisotopic (exact) mass is 707 g/mol. The number of hydrogen-bond acceptors (Lipinski definition) is 2. The predicted octanol–water partition coefficient (Wildman–Crippen LogP) is 15.2. The highest BCUT2D eigenvalue weighted by atomic mass is 16.3. The summed E-state index contributed by atoms with van der Waals surface area (Å²) in [4.78, 5) is 2.46. The second kappa shape index (κ2) is 11.7. The molecule has 272 valence electrons. The topological polar surface area (TPSA) is 16.4 Å². The van der Waals surface area contributed by atoms with Gasteiger partial charge in [-0.25, -0.2) is 0 Å². The Kier molecular flexibility index (Phi) is 7.52. The van der Waals surface area contributed by atoms with E-state index in [0.717, 1.165) is 28.2 Å². The molecular formula is C52H53NO. The highest BCUT2D eigenvalue weighted by Gasteiger charge is 2.40. The van der Waals surface area contributed by atoms with Crippen molar-refractivity contribution in [1.29, 1.82) is 0 Å². The van der Waals surface area contributed by atoms with Gasteiger partial charge in [-0.05, 0) is 115 Å². The molecule has 2 aliphatic rings. The largest absolute Gasteiger partial charge is 0.454 e. The van der Waals surface area contributed by atoms with Crippen molar-refractivity contribution in [2.24, 2.45) is 0 Å².